The summed E-state index contributed by atoms with van der Waals surface area (Å²) in [4.78, 5) is 23.6. The second-order valence-corrected chi connectivity index (χ2v) is 9.71. The van der Waals surface area contributed by atoms with Crippen LogP contribution in [0.4, 0.5) is 10.6 Å². The number of ether oxygens (including phenoxy) is 2. The molecule has 1 aromatic heterocycles. The highest BCUT2D eigenvalue weighted by molar-refractivity contribution is 5.94. The van der Waals surface area contributed by atoms with E-state index in [1.165, 1.54) is 0 Å². The summed E-state index contributed by atoms with van der Waals surface area (Å²) < 4.78 is 12.6. The first kappa shape index (κ1) is 23.0. The summed E-state index contributed by atoms with van der Waals surface area (Å²) in [5.74, 6) is 0.626. The van der Waals surface area contributed by atoms with Crippen LogP contribution in [0.3, 0.4) is 0 Å². The summed E-state index contributed by atoms with van der Waals surface area (Å²) >= 11 is 0. The van der Waals surface area contributed by atoms with Crippen molar-refractivity contribution in [1.82, 2.24) is 9.78 Å². The first-order valence-electron chi connectivity index (χ1n) is 12.4. The Hall–Kier alpha value is -4.39. The third-order valence-corrected chi connectivity index (χ3v) is 7.35. The van der Waals surface area contributed by atoms with E-state index >= 15 is 0 Å². The first-order chi connectivity index (χ1) is 18.0. The number of hydrogen-bond acceptors (Lipinski definition) is 5. The average molecular weight is 494 g/mol. The largest absolute Gasteiger partial charge is 0.456 e. The van der Waals surface area contributed by atoms with E-state index in [0.29, 0.717) is 18.7 Å². The number of rotatable bonds is 7. The minimum absolute atomic E-state index is 0.372. The van der Waals surface area contributed by atoms with E-state index in [4.69, 9.17) is 9.47 Å². The molecule has 2 aliphatic carbocycles. The summed E-state index contributed by atoms with van der Waals surface area (Å²) in [6.07, 6.45) is 1.54. The van der Waals surface area contributed by atoms with Gasteiger partial charge in [-0.1, -0.05) is 72.8 Å². The van der Waals surface area contributed by atoms with Gasteiger partial charge in [-0.3, -0.25) is 14.8 Å². The van der Waals surface area contributed by atoms with Gasteiger partial charge in [0.25, 0.3) is 6.47 Å². The van der Waals surface area contributed by atoms with Crippen LogP contribution in [0.25, 0.3) is 22.3 Å². The molecule has 1 unspecified atom stereocenters. The van der Waals surface area contributed by atoms with Crippen molar-refractivity contribution in [2.75, 3.05) is 5.32 Å². The third kappa shape index (κ3) is 4.16. The number of carbonyl (C=O) groups is 2. The molecule has 4 aromatic rings. The van der Waals surface area contributed by atoms with Crippen LogP contribution < -0.4 is 5.32 Å². The number of nitrogens with zero attached hydrogens (tertiary/aromatic N) is 2. The van der Waals surface area contributed by atoms with E-state index in [-0.39, 0.29) is 6.10 Å². The summed E-state index contributed by atoms with van der Waals surface area (Å²) in [6.45, 7) is 2.39. The molecule has 7 nitrogen and oxygen atoms in total. The topological polar surface area (TPSA) is 82.4 Å². The molecule has 1 amide bonds. The summed E-state index contributed by atoms with van der Waals surface area (Å²) in [5.41, 5.74) is 7.82. The molecule has 0 aliphatic heterocycles. The molecule has 0 bridgehead atoms. The fourth-order valence-electron chi connectivity index (χ4n) is 5.20. The lowest BCUT2D eigenvalue weighted by Gasteiger charge is -2.15. The van der Waals surface area contributed by atoms with Gasteiger partial charge in [-0.25, -0.2) is 4.79 Å². The van der Waals surface area contributed by atoms with Gasteiger partial charge in [0.2, 0.25) is 0 Å². The zero-order chi connectivity index (χ0) is 25.6. The molecular weight excluding hydrogens is 466 g/mol. The van der Waals surface area contributed by atoms with Crippen molar-refractivity contribution in [2.45, 2.75) is 37.9 Å². The molecule has 1 atom stereocenters. The maximum absolute atomic E-state index is 12.7. The van der Waals surface area contributed by atoms with Crippen molar-refractivity contribution < 1.29 is 19.1 Å². The van der Waals surface area contributed by atoms with Crippen LogP contribution in [0, 0.1) is 0 Å². The smallest absolute Gasteiger partial charge is 0.413 e. The Morgan fingerprint density at radius 3 is 2.49 bits per heavy atom. The van der Waals surface area contributed by atoms with Crippen LogP contribution in [0.1, 0.15) is 48.3 Å². The lowest BCUT2D eigenvalue weighted by molar-refractivity contribution is -0.136. The molecule has 2 aliphatic rings. The molecule has 1 saturated carbocycles. The molecule has 1 N–H and O–H groups in total. The second-order valence-electron chi connectivity index (χ2n) is 9.71. The van der Waals surface area contributed by atoms with E-state index in [1.54, 1.807) is 4.68 Å². The standard InChI is InChI=1S/C30H27N3O4/c1-19(20-6-4-3-5-7-20)37-29(35)31-28-27-25-13-10-22(16-23(25)17-26(27)32-33(28)2)21-8-11-24(12-9-21)30(14-15-30)36-18-34/h3-13,16,18-19H,14-15,17H2,1-2H3,(H,31,35). The zero-order valence-electron chi connectivity index (χ0n) is 20.7. The van der Waals surface area contributed by atoms with E-state index in [9.17, 15) is 9.59 Å². The third-order valence-electron chi connectivity index (χ3n) is 7.35. The number of aryl methyl sites for hydroxylation is 1. The number of carbonyl (C=O) groups excluding carboxylic acids is 2. The molecule has 3 aromatic carbocycles. The summed E-state index contributed by atoms with van der Waals surface area (Å²) in [5, 5.41) is 7.58. The Balaban J connectivity index is 1.21. The number of fused-ring (bicyclic) bond motifs is 3. The number of amides is 1. The van der Waals surface area contributed by atoms with Crippen molar-refractivity contribution in [2.24, 2.45) is 7.05 Å². The molecule has 0 saturated heterocycles. The zero-order valence-corrected chi connectivity index (χ0v) is 20.7. The van der Waals surface area contributed by atoms with Gasteiger partial charge >= 0.3 is 6.09 Å². The van der Waals surface area contributed by atoms with Gasteiger partial charge < -0.3 is 9.47 Å². The number of hydrogen-bond donors (Lipinski definition) is 1. The van der Waals surface area contributed by atoms with Crippen LogP contribution in [0.2, 0.25) is 0 Å². The maximum Gasteiger partial charge on any atom is 0.413 e. The molecule has 1 heterocycles. The van der Waals surface area contributed by atoms with E-state index in [2.05, 4.69) is 40.7 Å². The van der Waals surface area contributed by atoms with Crippen LogP contribution in [0.5, 0.6) is 0 Å². The van der Waals surface area contributed by atoms with Gasteiger partial charge in [0, 0.05) is 19.0 Å². The molecule has 0 radical (unpaired) electrons. The fourth-order valence-corrected chi connectivity index (χ4v) is 5.20. The molecule has 7 heteroatoms. The first-order valence-corrected chi connectivity index (χ1v) is 12.4. The number of benzene rings is 3. The van der Waals surface area contributed by atoms with Gasteiger partial charge in [0.15, 0.2) is 0 Å². The Bertz CT molecular complexity index is 1490. The van der Waals surface area contributed by atoms with Crippen molar-refractivity contribution >= 4 is 18.4 Å². The normalized spacial score (nSPS) is 15.3. The van der Waals surface area contributed by atoms with E-state index < -0.39 is 11.7 Å². The van der Waals surface area contributed by atoms with Crippen LogP contribution in [0.15, 0.2) is 72.8 Å². The molecule has 37 heavy (non-hydrogen) atoms. The Morgan fingerprint density at radius 2 is 1.78 bits per heavy atom. The lowest BCUT2D eigenvalue weighted by Crippen LogP contribution is -2.18. The molecule has 1 fully saturated rings. The molecule has 0 spiro atoms. The highest BCUT2D eigenvalue weighted by Gasteiger charge is 2.46. The molecule has 186 valence electrons. The van der Waals surface area contributed by atoms with Gasteiger partial charge in [-0.15, -0.1) is 0 Å². The minimum Gasteiger partial charge on any atom is -0.456 e. The van der Waals surface area contributed by atoms with Gasteiger partial charge in [-0.05, 0) is 53.1 Å². The Kier molecular flexibility index (Phi) is 5.56. The Morgan fingerprint density at radius 1 is 1.05 bits per heavy atom. The quantitative estimate of drug-likeness (QED) is 0.276. The van der Waals surface area contributed by atoms with Crippen LogP contribution in [-0.4, -0.2) is 22.3 Å². The van der Waals surface area contributed by atoms with Crippen molar-refractivity contribution in [3.8, 4) is 22.3 Å². The summed E-state index contributed by atoms with van der Waals surface area (Å²) in [6, 6.07) is 24.2. The maximum atomic E-state index is 12.7. The number of anilines is 1. The van der Waals surface area contributed by atoms with Gasteiger partial charge in [0.1, 0.15) is 17.5 Å². The summed E-state index contributed by atoms with van der Waals surface area (Å²) in [7, 11) is 1.82. The predicted molar refractivity (Wildman–Crippen MR) is 140 cm³/mol. The SMILES string of the molecule is CC(OC(=O)Nc1c2c(nn1C)Cc1cc(-c3ccc(C4(OC=O)CC4)cc3)ccc1-2)c1ccccc1. The Labute approximate surface area is 215 Å². The highest BCUT2D eigenvalue weighted by atomic mass is 16.6. The number of nitrogens with one attached hydrogen (secondary N) is 1. The average Bonchev–Trinajstić information content (AvgIpc) is 3.52. The van der Waals surface area contributed by atoms with Crippen molar-refractivity contribution in [1.29, 1.82) is 0 Å². The predicted octanol–water partition coefficient (Wildman–Crippen LogP) is 6.13. The number of aromatic nitrogens is 2. The monoisotopic (exact) mass is 493 g/mol. The van der Waals surface area contributed by atoms with Crippen molar-refractivity contribution in [3.63, 3.8) is 0 Å². The lowest BCUT2D eigenvalue weighted by atomic mass is 9.97. The second kappa shape index (κ2) is 8.92. The molecule has 6 rings (SSSR count). The van der Waals surface area contributed by atoms with Crippen molar-refractivity contribution in [3.05, 3.63) is 95.2 Å². The van der Waals surface area contributed by atoms with Crippen LogP contribution >= 0.6 is 0 Å². The fraction of sp³-hybridized carbons (Fsp3) is 0.233. The van der Waals surface area contributed by atoms with Crippen LogP contribution in [-0.2, 0) is 33.3 Å². The van der Waals surface area contributed by atoms with Gasteiger partial charge in [-0.2, -0.15) is 5.10 Å². The van der Waals surface area contributed by atoms with E-state index in [0.717, 1.165) is 57.5 Å². The highest BCUT2D eigenvalue weighted by Crippen LogP contribution is 2.49. The van der Waals surface area contributed by atoms with Gasteiger partial charge in [0.05, 0.1) is 5.69 Å². The molecular formula is C30H27N3O4. The van der Waals surface area contributed by atoms with E-state index in [1.807, 2.05) is 56.4 Å². The minimum atomic E-state index is -0.515.